The van der Waals surface area contributed by atoms with Crippen LogP contribution in [-0.4, -0.2) is 19.0 Å². The largest absolute Gasteiger partial charge is 0.457 e. The summed E-state index contributed by atoms with van der Waals surface area (Å²) in [6, 6.07) is 18.6. The van der Waals surface area contributed by atoms with Crippen molar-refractivity contribution in [3.63, 3.8) is 0 Å². The Morgan fingerprint density at radius 2 is 1.77 bits per heavy atom. The van der Waals surface area contributed by atoms with Crippen molar-refractivity contribution in [1.82, 2.24) is 0 Å². The fourth-order valence-corrected chi connectivity index (χ4v) is 1.53. The summed E-state index contributed by atoms with van der Waals surface area (Å²) in [5.74, 6) is 1.48. The lowest BCUT2D eigenvalue weighted by atomic mass is 10.3. The maximum Gasteiger partial charge on any atom is 0.182 e. The molecule has 0 aliphatic heterocycles. The summed E-state index contributed by atoms with van der Waals surface area (Å²) in [6.07, 6.45) is 1.22. The molecule has 6 heteroatoms. The van der Waals surface area contributed by atoms with Gasteiger partial charge in [-0.25, -0.2) is 0 Å². The summed E-state index contributed by atoms with van der Waals surface area (Å²) in [4.78, 5) is 4.49. The maximum atomic E-state index is 8.85. The molecule has 0 unspecified atom stereocenters. The molecule has 0 aromatic heterocycles. The van der Waals surface area contributed by atoms with Crippen LogP contribution >= 0.6 is 0 Å². The van der Waals surface area contributed by atoms with Crippen LogP contribution in [0.4, 0.5) is 5.69 Å². The van der Waals surface area contributed by atoms with Gasteiger partial charge in [0.25, 0.3) is 0 Å². The Kier molecular flexibility index (Phi) is 5.53. The fraction of sp³-hybridized carbons (Fsp3) is 0.0625. The Hall–Kier alpha value is -3.33. The number of ether oxygens (including phenoxy) is 1. The van der Waals surface area contributed by atoms with Crippen LogP contribution in [0.2, 0.25) is 0 Å². The van der Waals surface area contributed by atoms with E-state index in [2.05, 4.69) is 20.5 Å². The minimum atomic E-state index is 0.103. The quantitative estimate of drug-likeness (QED) is 0.654. The second-order valence-corrected chi connectivity index (χ2v) is 4.08. The third kappa shape index (κ3) is 4.65. The zero-order valence-electron chi connectivity index (χ0n) is 11.9. The van der Waals surface area contributed by atoms with Crippen molar-refractivity contribution in [3.8, 4) is 17.6 Å². The van der Waals surface area contributed by atoms with Crippen molar-refractivity contribution in [2.75, 3.05) is 12.5 Å². The van der Waals surface area contributed by atoms with Crippen molar-refractivity contribution in [2.45, 2.75) is 0 Å². The summed E-state index contributed by atoms with van der Waals surface area (Å²) in [5, 5.41) is 16.2. The van der Waals surface area contributed by atoms with Crippen LogP contribution in [0.25, 0.3) is 0 Å². The van der Waals surface area contributed by atoms with Gasteiger partial charge in [0.1, 0.15) is 30.9 Å². The molecule has 22 heavy (non-hydrogen) atoms. The molecule has 2 aromatic carbocycles. The van der Waals surface area contributed by atoms with E-state index in [0.29, 0.717) is 5.75 Å². The summed E-state index contributed by atoms with van der Waals surface area (Å²) in [5.41, 5.74) is 3.58. The van der Waals surface area contributed by atoms with E-state index in [4.69, 9.17) is 10.00 Å². The molecule has 110 valence electrons. The first-order valence-electron chi connectivity index (χ1n) is 6.45. The van der Waals surface area contributed by atoms with E-state index in [1.165, 1.54) is 13.3 Å². The van der Waals surface area contributed by atoms with Crippen LogP contribution in [0, 0.1) is 11.3 Å². The van der Waals surface area contributed by atoms with Crippen molar-refractivity contribution >= 4 is 17.6 Å². The Balaban J connectivity index is 1.99. The fourth-order valence-electron chi connectivity index (χ4n) is 1.53. The number of hydrogen-bond donors (Lipinski definition) is 1. The van der Waals surface area contributed by atoms with E-state index in [9.17, 15) is 0 Å². The molecule has 2 rings (SSSR count). The second-order valence-electron chi connectivity index (χ2n) is 4.08. The number of hydrogen-bond acceptors (Lipinski definition) is 6. The van der Waals surface area contributed by atoms with Gasteiger partial charge in [-0.2, -0.15) is 10.4 Å². The first-order chi connectivity index (χ1) is 10.8. The van der Waals surface area contributed by atoms with Gasteiger partial charge in [-0.1, -0.05) is 23.4 Å². The lowest BCUT2D eigenvalue weighted by Crippen LogP contribution is -2.01. The molecule has 0 fully saturated rings. The van der Waals surface area contributed by atoms with Crippen molar-refractivity contribution in [3.05, 3.63) is 54.6 Å². The zero-order chi connectivity index (χ0) is 15.6. The molecular formula is C16H14N4O2. The van der Waals surface area contributed by atoms with Crippen LogP contribution < -0.4 is 10.2 Å². The van der Waals surface area contributed by atoms with Gasteiger partial charge in [0.15, 0.2) is 5.71 Å². The van der Waals surface area contributed by atoms with Crippen LogP contribution in [0.1, 0.15) is 0 Å². The molecule has 1 N–H and O–H groups in total. The molecule has 0 aliphatic rings. The highest BCUT2D eigenvalue weighted by molar-refractivity contribution is 6.37. The lowest BCUT2D eigenvalue weighted by Gasteiger charge is -2.06. The molecule has 0 spiro atoms. The molecule has 0 bridgehead atoms. The van der Waals surface area contributed by atoms with E-state index >= 15 is 0 Å². The summed E-state index contributed by atoms with van der Waals surface area (Å²) < 4.78 is 5.68. The Labute approximate surface area is 128 Å². The zero-order valence-corrected chi connectivity index (χ0v) is 11.9. The topological polar surface area (TPSA) is 79.0 Å². The molecule has 0 radical (unpaired) electrons. The number of rotatable bonds is 6. The lowest BCUT2D eigenvalue weighted by molar-refractivity contribution is 0.216. The number of nitrogens with zero attached hydrogens (tertiary/aromatic N) is 3. The standard InChI is InChI=1S/C16H14N4O2/c1-21-18-12-14(11-17)20-19-13-7-9-16(10-8-13)22-15-5-3-2-4-6-15/h2-10,12,19H,1H3. The highest BCUT2D eigenvalue weighted by atomic mass is 16.6. The molecule has 0 saturated carbocycles. The normalized spacial score (nSPS) is 11.0. The van der Waals surface area contributed by atoms with E-state index in [1.54, 1.807) is 24.3 Å². The van der Waals surface area contributed by atoms with E-state index in [1.807, 2.05) is 36.4 Å². The minimum absolute atomic E-state index is 0.103. The smallest absolute Gasteiger partial charge is 0.182 e. The molecule has 0 saturated heterocycles. The van der Waals surface area contributed by atoms with E-state index in [-0.39, 0.29) is 5.71 Å². The summed E-state index contributed by atoms with van der Waals surface area (Å²) in [7, 11) is 1.39. The van der Waals surface area contributed by atoms with Crippen molar-refractivity contribution in [1.29, 1.82) is 5.26 Å². The number of oxime groups is 1. The number of nitrogens with one attached hydrogen (secondary N) is 1. The second kappa shape index (κ2) is 8.07. The predicted octanol–water partition coefficient (Wildman–Crippen LogP) is 3.40. The molecule has 0 heterocycles. The Morgan fingerprint density at radius 1 is 1.09 bits per heavy atom. The van der Waals surface area contributed by atoms with Gasteiger partial charge in [0.2, 0.25) is 0 Å². The molecule has 6 nitrogen and oxygen atoms in total. The molecule has 2 aromatic rings. The summed E-state index contributed by atoms with van der Waals surface area (Å²) in [6.45, 7) is 0. The monoisotopic (exact) mass is 294 g/mol. The van der Waals surface area contributed by atoms with Gasteiger partial charge >= 0.3 is 0 Å². The van der Waals surface area contributed by atoms with Gasteiger partial charge in [-0.15, -0.1) is 0 Å². The first-order valence-corrected chi connectivity index (χ1v) is 6.45. The third-order valence-electron chi connectivity index (χ3n) is 2.53. The van der Waals surface area contributed by atoms with Gasteiger partial charge in [0.05, 0.1) is 5.69 Å². The molecule has 0 atom stereocenters. The maximum absolute atomic E-state index is 8.85. The SMILES string of the molecule is CON=CC(C#N)=NNc1ccc(Oc2ccccc2)cc1. The van der Waals surface area contributed by atoms with Crippen LogP contribution in [0.5, 0.6) is 11.5 Å². The first kappa shape index (κ1) is 15.1. The molecule has 0 aliphatic carbocycles. The van der Waals surface area contributed by atoms with Gasteiger partial charge < -0.3 is 9.57 Å². The number of nitriles is 1. The van der Waals surface area contributed by atoms with Gasteiger partial charge in [0, 0.05) is 0 Å². The third-order valence-corrected chi connectivity index (χ3v) is 2.53. The highest BCUT2D eigenvalue weighted by Gasteiger charge is 1.98. The van der Waals surface area contributed by atoms with Gasteiger partial charge in [-0.3, -0.25) is 5.43 Å². The Morgan fingerprint density at radius 3 is 2.41 bits per heavy atom. The highest BCUT2D eigenvalue weighted by Crippen LogP contribution is 2.22. The van der Waals surface area contributed by atoms with Crippen molar-refractivity contribution in [2.24, 2.45) is 10.3 Å². The molecule has 0 amide bonds. The molecular weight excluding hydrogens is 280 g/mol. The Bertz CT molecular complexity index is 688. The van der Waals surface area contributed by atoms with Crippen LogP contribution in [-0.2, 0) is 4.84 Å². The van der Waals surface area contributed by atoms with E-state index in [0.717, 1.165) is 11.4 Å². The van der Waals surface area contributed by atoms with Gasteiger partial charge in [-0.05, 0) is 36.4 Å². The minimum Gasteiger partial charge on any atom is -0.457 e. The van der Waals surface area contributed by atoms with E-state index < -0.39 is 0 Å². The van der Waals surface area contributed by atoms with Crippen LogP contribution in [0.3, 0.4) is 0 Å². The van der Waals surface area contributed by atoms with Crippen molar-refractivity contribution < 1.29 is 9.57 Å². The predicted molar refractivity (Wildman–Crippen MR) is 85.1 cm³/mol. The number of benzene rings is 2. The number of para-hydroxylation sites is 1. The number of hydrazone groups is 1. The average molecular weight is 294 g/mol. The number of anilines is 1. The van der Waals surface area contributed by atoms with Crippen LogP contribution in [0.15, 0.2) is 64.9 Å². The average Bonchev–Trinajstić information content (AvgIpc) is 2.57. The summed E-state index contributed by atoms with van der Waals surface area (Å²) >= 11 is 0.